The largest absolute Gasteiger partial charge is 0.469 e. The molecule has 5 aromatic rings. The fraction of sp³-hybridized carbons (Fsp3) is 0.0500. The third-order valence-electron chi connectivity index (χ3n) is 4.54. The SMILES string of the molecule is Cc1occc1C(=O)Nc1cc(NC(=O)c2cc3c(nc4sccn43)s2)ccc1F. The summed E-state index contributed by atoms with van der Waals surface area (Å²) >= 11 is 2.81. The Morgan fingerprint density at radius 3 is 2.83 bits per heavy atom. The first-order valence-electron chi connectivity index (χ1n) is 8.81. The van der Waals surface area contributed by atoms with Gasteiger partial charge in [0.25, 0.3) is 11.8 Å². The van der Waals surface area contributed by atoms with E-state index >= 15 is 0 Å². The van der Waals surface area contributed by atoms with Crippen LogP contribution in [0, 0.1) is 12.7 Å². The number of anilines is 2. The molecule has 150 valence electrons. The maximum Gasteiger partial charge on any atom is 0.265 e. The highest BCUT2D eigenvalue weighted by atomic mass is 32.1. The standard InChI is InChI=1S/C20H13FN4O3S2/c1-10-12(4-6-28-10)17(26)23-14-8-11(2-3-13(14)21)22-18(27)16-9-15-19(30-16)24-20-25(15)5-7-29-20/h2-9H,1H3,(H,22,27)(H,23,26). The summed E-state index contributed by atoms with van der Waals surface area (Å²) in [6.07, 6.45) is 3.29. The number of fused-ring (bicyclic) bond motifs is 3. The zero-order chi connectivity index (χ0) is 20.8. The number of nitrogens with zero attached hydrogens (tertiary/aromatic N) is 2. The molecule has 0 aliphatic heterocycles. The summed E-state index contributed by atoms with van der Waals surface area (Å²) in [5.41, 5.74) is 1.49. The van der Waals surface area contributed by atoms with E-state index in [1.165, 1.54) is 53.2 Å². The predicted octanol–water partition coefficient (Wildman–Crippen LogP) is 5.16. The van der Waals surface area contributed by atoms with Gasteiger partial charge in [0, 0.05) is 17.3 Å². The predicted molar refractivity (Wildman–Crippen MR) is 114 cm³/mol. The van der Waals surface area contributed by atoms with Crippen LogP contribution in [-0.4, -0.2) is 21.2 Å². The molecule has 2 N–H and O–H groups in total. The molecule has 0 aliphatic rings. The number of aromatic nitrogens is 2. The zero-order valence-electron chi connectivity index (χ0n) is 15.4. The van der Waals surface area contributed by atoms with Crippen molar-refractivity contribution in [1.82, 2.24) is 9.38 Å². The molecule has 10 heteroatoms. The van der Waals surface area contributed by atoms with Crippen molar-refractivity contribution in [3.8, 4) is 0 Å². The highest BCUT2D eigenvalue weighted by Gasteiger charge is 2.17. The number of hydrogen-bond donors (Lipinski definition) is 2. The van der Waals surface area contributed by atoms with Crippen LogP contribution in [0.2, 0.25) is 0 Å². The van der Waals surface area contributed by atoms with Gasteiger partial charge < -0.3 is 15.1 Å². The quantitative estimate of drug-likeness (QED) is 0.404. The van der Waals surface area contributed by atoms with Crippen LogP contribution in [0.1, 0.15) is 25.8 Å². The summed E-state index contributed by atoms with van der Waals surface area (Å²) in [7, 11) is 0. The smallest absolute Gasteiger partial charge is 0.265 e. The molecule has 0 fully saturated rings. The number of benzene rings is 1. The van der Waals surface area contributed by atoms with Crippen molar-refractivity contribution in [3.05, 3.63) is 70.2 Å². The zero-order valence-corrected chi connectivity index (χ0v) is 17.1. The number of carbonyl (C=O) groups is 2. The number of amides is 2. The Morgan fingerprint density at radius 1 is 1.17 bits per heavy atom. The second-order valence-corrected chi connectivity index (χ2v) is 8.37. The van der Waals surface area contributed by atoms with Crippen molar-refractivity contribution in [1.29, 1.82) is 0 Å². The molecule has 0 unspecified atom stereocenters. The van der Waals surface area contributed by atoms with Gasteiger partial charge in [0.2, 0.25) is 0 Å². The Kier molecular flexibility index (Phi) is 4.37. The normalized spacial score (nSPS) is 11.3. The van der Waals surface area contributed by atoms with E-state index in [0.717, 1.165) is 15.3 Å². The summed E-state index contributed by atoms with van der Waals surface area (Å²) in [4.78, 5) is 31.6. The molecule has 4 aromatic heterocycles. The monoisotopic (exact) mass is 440 g/mol. The van der Waals surface area contributed by atoms with Crippen molar-refractivity contribution in [2.45, 2.75) is 6.92 Å². The second-order valence-electron chi connectivity index (χ2n) is 6.46. The Labute approximate surface area is 176 Å². The van der Waals surface area contributed by atoms with Gasteiger partial charge in [0.15, 0.2) is 4.96 Å². The average molecular weight is 440 g/mol. The third kappa shape index (κ3) is 3.15. The fourth-order valence-corrected chi connectivity index (χ4v) is 4.76. The molecule has 5 rings (SSSR count). The number of thiazole rings is 1. The molecular formula is C20H13FN4O3S2. The maximum absolute atomic E-state index is 14.2. The van der Waals surface area contributed by atoms with E-state index in [-0.39, 0.29) is 11.6 Å². The second kappa shape index (κ2) is 7.08. The Bertz CT molecular complexity index is 1430. The molecule has 30 heavy (non-hydrogen) atoms. The van der Waals surface area contributed by atoms with Gasteiger partial charge in [0.1, 0.15) is 16.4 Å². The van der Waals surface area contributed by atoms with Crippen molar-refractivity contribution in [2.75, 3.05) is 10.6 Å². The lowest BCUT2D eigenvalue weighted by atomic mass is 10.2. The first kappa shape index (κ1) is 18.5. The van der Waals surface area contributed by atoms with Crippen LogP contribution in [0.15, 0.2) is 52.6 Å². The molecule has 0 saturated carbocycles. The fourth-order valence-electron chi connectivity index (χ4n) is 3.06. The number of imidazole rings is 1. The molecule has 0 aliphatic carbocycles. The third-order valence-corrected chi connectivity index (χ3v) is 6.31. The van der Waals surface area contributed by atoms with Gasteiger partial charge in [-0.1, -0.05) is 0 Å². The minimum absolute atomic E-state index is 0.0412. The molecule has 0 atom stereocenters. The van der Waals surface area contributed by atoms with Gasteiger partial charge in [-0.15, -0.1) is 22.7 Å². The van der Waals surface area contributed by atoms with Crippen LogP contribution in [0.25, 0.3) is 15.3 Å². The van der Waals surface area contributed by atoms with Crippen LogP contribution >= 0.6 is 22.7 Å². The van der Waals surface area contributed by atoms with E-state index in [4.69, 9.17) is 4.42 Å². The van der Waals surface area contributed by atoms with E-state index in [1.807, 2.05) is 16.0 Å². The number of carbonyl (C=O) groups excluding carboxylic acids is 2. The summed E-state index contributed by atoms with van der Waals surface area (Å²) < 4.78 is 21.2. The van der Waals surface area contributed by atoms with Gasteiger partial charge in [-0.2, -0.15) is 0 Å². The highest BCUT2D eigenvalue weighted by Crippen LogP contribution is 2.29. The van der Waals surface area contributed by atoms with Gasteiger partial charge in [0.05, 0.1) is 27.9 Å². The molecule has 2 amide bonds. The minimum atomic E-state index is -0.613. The number of nitrogens with one attached hydrogen (secondary N) is 2. The van der Waals surface area contributed by atoms with Gasteiger partial charge >= 0.3 is 0 Å². The van der Waals surface area contributed by atoms with Crippen LogP contribution in [-0.2, 0) is 0 Å². The molecule has 0 spiro atoms. The molecule has 0 bridgehead atoms. The lowest BCUT2D eigenvalue weighted by Crippen LogP contribution is -2.14. The molecule has 4 heterocycles. The molecule has 7 nitrogen and oxygen atoms in total. The average Bonchev–Trinajstić information content (AvgIpc) is 3.46. The summed E-state index contributed by atoms with van der Waals surface area (Å²) in [5.74, 6) is -1.02. The number of thiophene rings is 1. The number of rotatable bonds is 4. The van der Waals surface area contributed by atoms with E-state index in [9.17, 15) is 14.0 Å². The van der Waals surface area contributed by atoms with Crippen molar-refractivity contribution in [2.24, 2.45) is 0 Å². The molecule has 0 radical (unpaired) electrons. The van der Waals surface area contributed by atoms with Crippen molar-refractivity contribution in [3.63, 3.8) is 0 Å². The maximum atomic E-state index is 14.2. The molecule has 0 saturated heterocycles. The van der Waals surface area contributed by atoms with Crippen LogP contribution < -0.4 is 10.6 Å². The Morgan fingerprint density at radius 2 is 2.03 bits per heavy atom. The number of hydrogen-bond acceptors (Lipinski definition) is 6. The highest BCUT2D eigenvalue weighted by molar-refractivity contribution is 7.21. The Balaban J connectivity index is 1.37. The van der Waals surface area contributed by atoms with Gasteiger partial charge in [-0.3, -0.25) is 14.0 Å². The van der Waals surface area contributed by atoms with E-state index < -0.39 is 11.7 Å². The number of halogens is 1. The lowest BCUT2D eigenvalue weighted by molar-refractivity contribution is 0.102. The summed E-state index contributed by atoms with van der Waals surface area (Å²) in [6, 6.07) is 7.27. The molecule has 1 aromatic carbocycles. The van der Waals surface area contributed by atoms with Gasteiger partial charge in [-0.05, 0) is 37.3 Å². The van der Waals surface area contributed by atoms with E-state index in [1.54, 1.807) is 13.0 Å². The number of aryl methyl sites for hydroxylation is 1. The summed E-state index contributed by atoms with van der Waals surface area (Å²) in [6.45, 7) is 1.64. The van der Waals surface area contributed by atoms with Crippen molar-refractivity contribution < 1.29 is 18.4 Å². The number of furan rings is 1. The van der Waals surface area contributed by atoms with Crippen LogP contribution in [0.4, 0.5) is 15.8 Å². The van der Waals surface area contributed by atoms with E-state index in [2.05, 4.69) is 15.6 Å². The van der Waals surface area contributed by atoms with Gasteiger partial charge in [-0.25, -0.2) is 9.37 Å². The van der Waals surface area contributed by atoms with Crippen molar-refractivity contribution >= 4 is 61.2 Å². The topological polar surface area (TPSA) is 88.6 Å². The molecular weight excluding hydrogens is 427 g/mol. The van der Waals surface area contributed by atoms with Crippen LogP contribution in [0.3, 0.4) is 0 Å². The first-order chi connectivity index (χ1) is 14.5. The van der Waals surface area contributed by atoms with Crippen LogP contribution in [0.5, 0.6) is 0 Å². The van der Waals surface area contributed by atoms with E-state index in [0.29, 0.717) is 21.9 Å². The lowest BCUT2D eigenvalue weighted by Gasteiger charge is -2.09. The first-order valence-corrected chi connectivity index (χ1v) is 10.5. The minimum Gasteiger partial charge on any atom is -0.469 e. The summed E-state index contributed by atoms with van der Waals surface area (Å²) in [5, 5.41) is 7.17. The Hall–Kier alpha value is -3.50.